The van der Waals surface area contributed by atoms with Crippen molar-refractivity contribution >= 4 is 11.8 Å². The third kappa shape index (κ3) is 4.55. The highest BCUT2D eigenvalue weighted by atomic mass is 16.5. The predicted molar refractivity (Wildman–Crippen MR) is 86.6 cm³/mol. The molecule has 1 fully saturated rings. The molecule has 118 valence electrons. The van der Waals surface area contributed by atoms with Crippen LogP contribution in [0.5, 0.6) is 0 Å². The molecule has 3 heteroatoms. The lowest BCUT2D eigenvalue weighted by Gasteiger charge is -2.02. The zero-order valence-corrected chi connectivity index (χ0v) is 13.4. The number of rotatable bonds is 8. The van der Waals surface area contributed by atoms with Crippen LogP contribution in [-0.4, -0.2) is 18.4 Å². The number of esters is 1. The summed E-state index contributed by atoms with van der Waals surface area (Å²) in [6, 6.07) is 9.53. The van der Waals surface area contributed by atoms with Gasteiger partial charge in [-0.15, -0.1) is 0 Å². The van der Waals surface area contributed by atoms with Crippen molar-refractivity contribution in [2.75, 3.05) is 6.61 Å². The SMILES string of the molecule is CCOC(=O)/C(C)=C/CCC[C@H]1C[C@@H]1C(=O)c1ccccc1. The van der Waals surface area contributed by atoms with Crippen molar-refractivity contribution in [1.29, 1.82) is 0 Å². The lowest BCUT2D eigenvalue weighted by atomic mass is 10.0. The molecule has 1 saturated carbocycles. The van der Waals surface area contributed by atoms with E-state index in [0.717, 1.165) is 31.2 Å². The van der Waals surface area contributed by atoms with E-state index in [9.17, 15) is 9.59 Å². The van der Waals surface area contributed by atoms with E-state index in [4.69, 9.17) is 4.74 Å². The summed E-state index contributed by atoms with van der Waals surface area (Å²) in [4.78, 5) is 23.7. The highest BCUT2D eigenvalue weighted by Crippen LogP contribution is 2.44. The van der Waals surface area contributed by atoms with Crippen molar-refractivity contribution in [3.8, 4) is 0 Å². The molecule has 0 heterocycles. The van der Waals surface area contributed by atoms with Gasteiger partial charge in [0.15, 0.2) is 5.78 Å². The number of unbranched alkanes of at least 4 members (excludes halogenated alkanes) is 1. The number of ketones is 1. The molecule has 0 saturated heterocycles. The minimum Gasteiger partial charge on any atom is -0.463 e. The number of allylic oxidation sites excluding steroid dienone is 1. The Bertz CT molecular complexity index is 545. The summed E-state index contributed by atoms with van der Waals surface area (Å²) < 4.78 is 4.94. The summed E-state index contributed by atoms with van der Waals surface area (Å²) in [6.45, 7) is 4.01. The van der Waals surface area contributed by atoms with Crippen LogP contribution in [0.2, 0.25) is 0 Å². The Hall–Kier alpha value is -1.90. The second-order valence-corrected chi connectivity index (χ2v) is 5.87. The summed E-state index contributed by atoms with van der Waals surface area (Å²) in [5.41, 5.74) is 1.50. The van der Waals surface area contributed by atoms with Crippen LogP contribution in [0, 0.1) is 11.8 Å². The first kappa shape index (κ1) is 16.5. The fourth-order valence-electron chi connectivity index (χ4n) is 2.73. The number of carbonyl (C=O) groups excluding carboxylic acids is 2. The zero-order valence-electron chi connectivity index (χ0n) is 13.4. The van der Waals surface area contributed by atoms with Gasteiger partial charge in [-0.2, -0.15) is 0 Å². The van der Waals surface area contributed by atoms with Crippen LogP contribution >= 0.6 is 0 Å². The number of benzene rings is 1. The molecular weight excluding hydrogens is 276 g/mol. The first-order valence-electron chi connectivity index (χ1n) is 8.06. The van der Waals surface area contributed by atoms with Crippen LogP contribution in [0.25, 0.3) is 0 Å². The second kappa shape index (κ2) is 7.92. The summed E-state index contributed by atoms with van der Waals surface area (Å²) in [5.74, 6) is 0.774. The van der Waals surface area contributed by atoms with Crippen molar-refractivity contribution in [3.63, 3.8) is 0 Å². The molecule has 1 aliphatic rings. The van der Waals surface area contributed by atoms with Crippen molar-refractivity contribution < 1.29 is 14.3 Å². The number of carbonyl (C=O) groups is 2. The topological polar surface area (TPSA) is 43.4 Å². The maximum Gasteiger partial charge on any atom is 0.333 e. The van der Waals surface area contributed by atoms with Crippen LogP contribution in [0.4, 0.5) is 0 Å². The molecule has 1 aliphatic carbocycles. The minimum atomic E-state index is -0.231. The lowest BCUT2D eigenvalue weighted by Crippen LogP contribution is -2.05. The average molecular weight is 300 g/mol. The maximum absolute atomic E-state index is 12.2. The molecule has 22 heavy (non-hydrogen) atoms. The molecule has 0 N–H and O–H groups in total. The van der Waals surface area contributed by atoms with Gasteiger partial charge in [-0.05, 0) is 45.4 Å². The fraction of sp³-hybridized carbons (Fsp3) is 0.474. The minimum absolute atomic E-state index is 0.206. The van der Waals surface area contributed by atoms with Gasteiger partial charge in [0.2, 0.25) is 0 Å². The molecule has 0 bridgehead atoms. The van der Waals surface area contributed by atoms with E-state index in [0.29, 0.717) is 18.1 Å². The highest BCUT2D eigenvalue weighted by Gasteiger charge is 2.42. The average Bonchev–Trinajstić information content (AvgIpc) is 3.31. The van der Waals surface area contributed by atoms with Gasteiger partial charge in [0.05, 0.1) is 6.61 Å². The molecular formula is C19H24O3. The Morgan fingerprint density at radius 1 is 1.27 bits per heavy atom. The first-order valence-corrected chi connectivity index (χ1v) is 8.06. The number of Topliss-reactive ketones (excluding diaryl/α,β-unsaturated/α-hetero) is 1. The number of hydrogen-bond donors (Lipinski definition) is 0. The van der Waals surface area contributed by atoms with Gasteiger partial charge in [-0.3, -0.25) is 4.79 Å². The van der Waals surface area contributed by atoms with E-state index in [1.54, 1.807) is 6.92 Å². The third-order valence-electron chi connectivity index (χ3n) is 4.14. The van der Waals surface area contributed by atoms with Crippen LogP contribution in [0.15, 0.2) is 42.0 Å². The largest absolute Gasteiger partial charge is 0.463 e. The van der Waals surface area contributed by atoms with Crippen LogP contribution in [-0.2, 0) is 9.53 Å². The van der Waals surface area contributed by atoms with Gasteiger partial charge in [0, 0.05) is 17.1 Å². The van der Waals surface area contributed by atoms with Gasteiger partial charge in [0.25, 0.3) is 0 Å². The molecule has 2 atom stereocenters. The van der Waals surface area contributed by atoms with E-state index in [1.165, 1.54) is 0 Å². The fourth-order valence-corrected chi connectivity index (χ4v) is 2.73. The third-order valence-corrected chi connectivity index (χ3v) is 4.14. The van der Waals surface area contributed by atoms with Gasteiger partial charge in [-0.25, -0.2) is 4.79 Å². The quantitative estimate of drug-likeness (QED) is 0.313. The Morgan fingerprint density at radius 2 is 2.00 bits per heavy atom. The van der Waals surface area contributed by atoms with E-state index in [2.05, 4.69) is 0 Å². The molecule has 0 unspecified atom stereocenters. The molecule has 0 radical (unpaired) electrons. The maximum atomic E-state index is 12.2. The Labute approximate surface area is 132 Å². The van der Waals surface area contributed by atoms with Gasteiger partial charge < -0.3 is 4.74 Å². The smallest absolute Gasteiger partial charge is 0.333 e. The molecule has 2 rings (SSSR count). The lowest BCUT2D eigenvalue weighted by molar-refractivity contribution is -0.138. The van der Waals surface area contributed by atoms with Crippen molar-refractivity contribution in [3.05, 3.63) is 47.5 Å². The Kier molecular flexibility index (Phi) is 5.93. The Morgan fingerprint density at radius 3 is 2.68 bits per heavy atom. The van der Waals surface area contributed by atoms with E-state index < -0.39 is 0 Å². The molecule has 3 nitrogen and oxygen atoms in total. The van der Waals surface area contributed by atoms with Crippen molar-refractivity contribution in [2.45, 2.75) is 39.5 Å². The van der Waals surface area contributed by atoms with E-state index in [1.807, 2.05) is 43.3 Å². The summed E-state index contributed by atoms with van der Waals surface area (Å²) in [6.07, 6.45) is 5.88. The monoisotopic (exact) mass is 300 g/mol. The molecule has 0 aliphatic heterocycles. The van der Waals surface area contributed by atoms with Gasteiger partial charge >= 0.3 is 5.97 Å². The molecule has 0 aromatic heterocycles. The zero-order chi connectivity index (χ0) is 15.9. The van der Waals surface area contributed by atoms with Crippen LogP contribution in [0.3, 0.4) is 0 Å². The van der Waals surface area contributed by atoms with Crippen molar-refractivity contribution in [2.24, 2.45) is 11.8 Å². The number of ether oxygens (including phenoxy) is 1. The summed E-state index contributed by atoms with van der Waals surface area (Å²) >= 11 is 0. The normalized spacial score (nSPS) is 20.5. The highest BCUT2D eigenvalue weighted by molar-refractivity contribution is 5.99. The van der Waals surface area contributed by atoms with Crippen LogP contribution < -0.4 is 0 Å². The molecule has 0 amide bonds. The summed E-state index contributed by atoms with van der Waals surface area (Å²) in [7, 11) is 0. The Balaban J connectivity index is 1.69. The summed E-state index contributed by atoms with van der Waals surface area (Å²) in [5, 5.41) is 0. The van der Waals surface area contributed by atoms with Crippen LogP contribution in [0.1, 0.15) is 49.9 Å². The van der Waals surface area contributed by atoms with Gasteiger partial charge in [-0.1, -0.05) is 36.4 Å². The molecule has 1 aromatic rings. The van der Waals surface area contributed by atoms with E-state index in [-0.39, 0.29) is 17.7 Å². The van der Waals surface area contributed by atoms with Crippen molar-refractivity contribution in [1.82, 2.24) is 0 Å². The standard InChI is InChI=1S/C19H24O3/c1-3-22-19(21)14(2)9-7-8-12-16-13-17(16)18(20)15-10-5-4-6-11-15/h4-6,9-11,16-17H,3,7-8,12-13H2,1-2H3/b14-9+/t16-,17-/m0/s1. The molecule has 1 aromatic carbocycles. The number of hydrogen-bond acceptors (Lipinski definition) is 3. The van der Waals surface area contributed by atoms with Gasteiger partial charge in [0.1, 0.15) is 0 Å². The molecule has 0 spiro atoms. The first-order chi connectivity index (χ1) is 10.6. The second-order valence-electron chi connectivity index (χ2n) is 5.87. The predicted octanol–water partition coefficient (Wildman–Crippen LogP) is 4.19. The van der Waals surface area contributed by atoms with E-state index >= 15 is 0 Å².